The minimum Gasteiger partial charge on any atom is -0.475 e. The van der Waals surface area contributed by atoms with Gasteiger partial charge in [-0.2, -0.15) is 13.2 Å². The molecule has 47 heavy (non-hydrogen) atoms. The quantitative estimate of drug-likeness (QED) is 0.397. The number of carboxylic acid groups (broad SMARTS) is 1. The van der Waals surface area contributed by atoms with Gasteiger partial charge in [0.05, 0.1) is 29.1 Å². The molecule has 2 amide bonds. The zero-order valence-electron chi connectivity index (χ0n) is 25.7. The lowest BCUT2D eigenvalue weighted by atomic mass is 9.78. The minimum atomic E-state index is -5.08. The van der Waals surface area contributed by atoms with E-state index in [0.29, 0.717) is 72.8 Å². The number of alkyl halides is 3. The molecule has 1 atom stereocenters. The van der Waals surface area contributed by atoms with E-state index in [2.05, 4.69) is 15.0 Å². The molecule has 4 aliphatic rings. The van der Waals surface area contributed by atoms with Crippen LogP contribution in [0.4, 0.5) is 13.2 Å². The number of rotatable bonds is 6. The number of sulfone groups is 1. The van der Waals surface area contributed by atoms with Crippen LogP contribution in [0.2, 0.25) is 0 Å². The summed E-state index contributed by atoms with van der Waals surface area (Å²) in [6, 6.07) is 7.20. The minimum absolute atomic E-state index is 0.0553. The van der Waals surface area contributed by atoms with Gasteiger partial charge in [-0.25, -0.2) is 18.2 Å². The number of aryl methyl sites for hydroxylation is 1. The van der Waals surface area contributed by atoms with Crippen molar-refractivity contribution in [2.75, 3.05) is 32.6 Å². The molecule has 0 unspecified atom stereocenters. The molecular weight excluding hydrogens is 643 g/mol. The number of imidazole rings is 1. The maximum atomic E-state index is 13.3. The standard InChI is InChI=1S/C29H31N5O5S.C2HF3O2/c1-16-25(28(36)33-12-29(13-33)14-39-15-29)32-26(31-16)22-9-19(6-7-30-22)20-8-21-11-34(17(2)18-4-5-18)27(35)24(21)23(10-20)40(3,37)38;3-2(4,5)1(6)7/h6-10,17-18H,4-5,11-15H2,1-3H3,(H,31,32);(H,6,7)/t17-;/m0./s1. The van der Waals surface area contributed by atoms with E-state index >= 15 is 0 Å². The summed E-state index contributed by atoms with van der Waals surface area (Å²) < 4.78 is 62.7. The first-order valence-corrected chi connectivity index (χ1v) is 16.7. The molecular formula is C31H32F3N5O7S. The van der Waals surface area contributed by atoms with Gasteiger partial charge in [0.1, 0.15) is 11.4 Å². The number of halogens is 3. The number of aliphatic carboxylic acids is 1. The second-order valence-corrected chi connectivity index (χ2v) is 14.7. The van der Waals surface area contributed by atoms with Crippen LogP contribution in [0.3, 0.4) is 0 Å². The molecule has 3 aliphatic heterocycles. The largest absolute Gasteiger partial charge is 0.490 e. The van der Waals surface area contributed by atoms with Crippen molar-refractivity contribution in [1.29, 1.82) is 0 Å². The fourth-order valence-electron chi connectivity index (χ4n) is 6.22. The first kappa shape index (κ1) is 32.6. The van der Waals surface area contributed by atoms with Gasteiger partial charge in [0.15, 0.2) is 15.7 Å². The normalized spacial score (nSPS) is 19.0. The predicted molar refractivity (Wildman–Crippen MR) is 160 cm³/mol. The van der Waals surface area contributed by atoms with Crippen molar-refractivity contribution in [2.45, 2.75) is 50.3 Å². The molecule has 1 saturated carbocycles. The van der Waals surface area contributed by atoms with Crippen LogP contribution < -0.4 is 0 Å². The molecule has 2 saturated heterocycles. The molecule has 12 nitrogen and oxygen atoms in total. The Morgan fingerprint density at radius 1 is 1.15 bits per heavy atom. The average Bonchev–Trinajstić information content (AvgIpc) is 3.65. The molecule has 5 heterocycles. The molecule has 1 spiro atoms. The highest BCUT2D eigenvalue weighted by atomic mass is 32.2. The zero-order valence-corrected chi connectivity index (χ0v) is 26.5. The van der Waals surface area contributed by atoms with E-state index in [4.69, 9.17) is 14.6 Å². The van der Waals surface area contributed by atoms with E-state index in [1.165, 1.54) is 0 Å². The summed E-state index contributed by atoms with van der Waals surface area (Å²) in [4.78, 5) is 51.3. The van der Waals surface area contributed by atoms with E-state index in [-0.39, 0.29) is 28.2 Å². The Morgan fingerprint density at radius 3 is 2.36 bits per heavy atom. The third-order valence-electron chi connectivity index (χ3n) is 9.02. The van der Waals surface area contributed by atoms with Gasteiger partial charge in [-0.05, 0) is 73.6 Å². The summed E-state index contributed by atoms with van der Waals surface area (Å²) in [5, 5.41) is 7.12. The number of carbonyl (C=O) groups is 3. The number of carboxylic acids is 1. The summed E-state index contributed by atoms with van der Waals surface area (Å²) in [5.74, 6) is -2.13. The number of carbonyl (C=O) groups excluding carboxylic acids is 2. The first-order chi connectivity index (χ1) is 22.0. The van der Waals surface area contributed by atoms with E-state index in [0.717, 1.165) is 30.2 Å². The Kier molecular flexibility index (Phi) is 7.94. The van der Waals surface area contributed by atoms with Crippen LogP contribution >= 0.6 is 0 Å². The lowest BCUT2D eigenvalue weighted by molar-refractivity contribution is -0.192. The number of pyridine rings is 1. The number of benzene rings is 1. The maximum Gasteiger partial charge on any atom is 0.490 e. The zero-order chi connectivity index (χ0) is 34.1. The maximum absolute atomic E-state index is 13.3. The summed E-state index contributed by atoms with van der Waals surface area (Å²) in [7, 11) is -3.66. The van der Waals surface area contributed by atoms with Gasteiger partial charge in [-0.1, -0.05) is 0 Å². The molecule has 3 aromatic rings. The molecule has 0 bridgehead atoms. The SMILES string of the molecule is Cc1[nH]c(-c2cc(-c3cc4c(c(S(C)(=O)=O)c3)C(=O)N([C@@H](C)C3CC3)C4)ccn2)nc1C(=O)N1CC2(COC2)C1.O=C(O)C(F)(F)F. The fourth-order valence-corrected chi connectivity index (χ4v) is 7.15. The topological polar surface area (TPSA) is 163 Å². The van der Waals surface area contributed by atoms with Crippen LogP contribution in [-0.2, 0) is 25.9 Å². The summed E-state index contributed by atoms with van der Waals surface area (Å²) in [6.07, 6.45) is -0.107. The van der Waals surface area contributed by atoms with Crippen molar-refractivity contribution in [3.63, 3.8) is 0 Å². The van der Waals surface area contributed by atoms with Crippen LogP contribution in [-0.4, -0.2) is 101 Å². The Bertz CT molecular complexity index is 1890. The van der Waals surface area contributed by atoms with E-state index < -0.39 is 22.0 Å². The third-order valence-corrected chi connectivity index (χ3v) is 10.1. The molecule has 16 heteroatoms. The van der Waals surface area contributed by atoms with Gasteiger partial charge in [0.25, 0.3) is 11.8 Å². The Labute approximate surface area is 267 Å². The molecule has 0 radical (unpaired) electrons. The van der Waals surface area contributed by atoms with Crippen LogP contribution in [0.5, 0.6) is 0 Å². The highest BCUT2D eigenvalue weighted by Gasteiger charge is 2.51. The number of aromatic amines is 1. The number of hydrogen-bond acceptors (Lipinski definition) is 8. The van der Waals surface area contributed by atoms with Crippen molar-refractivity contribution >= 4 is 27.6 Å². The molecule has 250 valence electrons. The van der Waals surface area contributed by atoms with Crippen molar-refractivity contribution in [3.05, 3.63) is 53.0 Å². The molecule has 1 aliphatic carbocycles. The average molecular weight is 676 g/mol. The Morgan fingerprint density at radius 2 is 1.81 bits per heavy atom. The van der Waals surface area contributed by atoms with Crippen molar-refractivity contribution in [1.82, 2.24) is 24.8 Å². The second kappa shape index (κ2) is 11.4. The highest BCUT2D eigenvalue weighted by molar-refractivity contribution is 7.90. The van der Waals surface area contributed by atoms with Crippen LogP contribution in [0.25, 0.3) is 22.6 Å². The van der Waals surface area contributed by atoms with Gasteiger partial charge in [-0.15, -0.1) is 0 Å². The fraction of sp³-hybridized carbons (Fsp3) is 0.452. The Balaban J connectivity index is 0.000000499. The molecule has 1 aromatic carbocycles. The van der Waals surface area contributed by atoms with E-state index in [1.54, 1.807) is 28.1 Å². The van der Waals surface area contributed by atoms with Crippen LogP contribution in [0, 0.1) is 18.3 Å². The summed E-state index contributed by atoms with van der Waals surface area (Å²) >= 11 is 0. The van der Waals surface area contributed by atoms with E-state index in [1.807, 2.05) is 26.0 Å². The van der Waals surface area contributed by atoms with Crippen LogP contribution in [0.15, 0.2) is 35.4 Å². The molecule has 2 N–H and O–H groups in total. The van der Waals surface area contributed by atoms with Gasteiger partial charge < -0.3 is 24.6 Å². The Hall–Kier alpha value is -4.31. The number of fused-ring (bicyclic) bond motifs is 1. The number of likely N-dealkylation sites (tertiary alicyclic amines) is 1. The number of aromatic nitrogens is 3. The third kappa shape index (κ3) is 6.23. The number of hydrogen-bond donors (Lipinski definition) is 2. The van der Waals surface area contributed by atoms with Gasteiger partial charge >= 0.3 is 12.1 Å². The number of amides is 2. The van der Waals surface area contributed by atoms with Crippen molar-refractivity contribution in [3.8, 4) is 22.6 Å². The monoisotopic (exact) mass is 675 g/mol. The molecule has 7 rings (SSSR count). The van der Waals surface area contributed by atoms with Crippen molar-refractivity contribution in [2.24, 2.45) is 11.3 Å². The van der Waals surface area contributed by atoms with E-state index in [9.17, 15) is 31.2 Å². The number of ether oxygens (including phenoxy) is 1. The van der Waals surface area contributed by atoms with Gasteiger partial charge in [0.2, 0.25) is 0 Å². The highest BCUT2D eigenvalue weighted by Crippen LogP contribution is 2.41. The smallest absolute Gasteiger partial charge is 0.475 e. The summed E-state index contributed by atoms with van der Waals surface area (Å²) in [6.45, 7) is 7.03. The van der Waals surface area contributed by atoms with Gasteiger partial charge in [0, 0.05) is 43.8 Å². The lowest BCUT2D eigenvalue weighted by Gasteiger charge is -2.54. The number of nitrogens with zero attached hydrogens (tertiary/aromatic N) is 4. The van der Waals surface area contributed by atoms with Crippen molar-refractivity contribution < 1.29 is 45.8 Å². The molecule has 3 fully saturated rings. The van der Waals surface area contributed by atoms with Crippen LogP contribution in [0.1, 0.15) is 51.9 Å². The molecule has 2 aromatic heterocycles. The summed E-state index contributed by atoms with van der Waals surface area (Å²) in [5.41, 5.74) is 4.14. The second-order valence-electron chi connectivity index (χ2n) is 12.7. The van der Waals surface area contributed by atoms with Gasteiger partial charge in [-0.3, -0.25) is 14.6 Å². The number of nitrogens with one attached hydrogen (secondary N) is 1. The lowest BCUT2D eigenvalue weighted by Crippen LogP contribution is -2.67. The first-order valence-electron chi connectivity index (χ1n) is 14.9. The predicted octanol–water partition coefficient (Wildman–Crippen LogP) is 3.71. The number of H-pyrrole nitrogens is 1.